The Kier molecular flexibility index (Phi) is 16.9. The minimum Gasteiger partial charge on any atom is -0.346 e. The Balaban J connectivity index is 0.00000204. The molecule has 0 heterocycles. The van der Waals surface area contributed by atoms with Crippen molar-refractivity contribution in [2.24, 2.45) is 0 Å². The normalized spacial score (nSPS) is 10.7. The van der Waals surface area contributed by atoms with Gasteiger partial charge in [0.15, 0.2) is 0 Å². The minimum absolute atomic E-state index is 0. The average Bonchev–Trinajstić information content (AvgIpc) is 2.72. The second kappa shape index (κ2) is 16.8. The van der Waals surface area contributed by atoms with E-state index in [0.717, 1.165) is 25.1 Å². The van der Waals surface area contributed by atoms with Gasteiger partial charge in [-0.15, -0.1) is 12.1 Å². The molecule has 1 atom stereocenters. The molecule has 3 rings (SSSR count). The Bertz CT molecular complexity index is 783. The van der Waals surface area contributed by atoms with E-state index in [1.54, 1.807) is 6.92 Å². The minimum atomic E-state index is 0. The predicted octanol–water partition coefficient (Wildman–Crippen LogP) is 3.64. The van der Waals surface area contributed by atoms with Gasteiger partial charge in [0.25, 0.3) is 0 Å². The van der Waals surface area contributed by atoms with Gasteiger partial charge in [-0.2, -0.15) is 31.5 Å². The van der Waals surface area contributed by atoms with Gasteiger partial charge in [-0.1, -0.05) is 65.2 Å². The maximum atomic E-state index is 4.01. The van der Waals surface area contributed by atoms with Crippen LogP contribution in [0.2, 0.25) is 0 Å². The van der Waals surface area contributed by atoms with Crippen LogP contribution in [-0.4, -0.2) is 6.54 Å². The summed E-state index contributed by atoms with van der Waals surface area (Å²) >= 11 is 0. The van der Waals surface area contributed by atoms with E-state index in [-0.39, 0.29) is 84.1 Å². The number of hydrogen-bond acceptors (Lipinski definition) is 1. The van der Waals surface area contributed by atoms with Crippen LogP contribution in [0, 0.1) is 27.7 Å². The molecule has 3 aromatic rings. The molecule has 1 nitrogen and oxygen atoms in total. The van der Waals surface area contributed by atoms with Crippen LogP contribution in [0.5, 0.6) is 0 Å². The summed E-state index contributed by atoms with van der Waals surface area (Å²) in [7, 11) is 0. The topological polar surface area (TPSA) is 12.0 Å². The van der Waals surface area contributed by atoms with Crippen LogP contribution in [0.3, 0.4) is 0 Å². The molecule has 151 valence electrons. The van der Waals surface area contributed by atoms with E-state index in [4.69, 9.17) is 0 Å². The molecule has 0 bridgehead atoms. The quantitative estimate of drug-likeness (QED) is 0.298. The van der Waals surface area contributed by atoms with Crippen LogP contribution < -0.4 is 56.7 Å². The number of nitrogens with one attached hydrogen (secondary N) is 1. The van der Waals surface area contributed by atoms with Crippen molar-refractivity contribution in [2.45, 2.75) is 39.7 Å². The molecule has 0 aliphatic carbocycles. The van der Waals surface area contributed by atoms with Gasteiger partial charge < -0.3 is 12.2 Å². The first kappa shape index (κ1) is 30.2. The first-order valence-corrected chi connectivity index (χ1v) is 10.1. The Morgan fingerprint density at radius 3 is 1.93 bits per heavy atom. The SMILES string of the molecule is [CH2-]C.[CH2-]c1ccc(C(CCNCc2cccc(C)c2)c2ccc(C)cc2)cc1.[K+].[Y]. The summed E-state index contributed by atoms with van der Waals surface area (Å²) in [5.41, 5.74) is 7.77. The number of rotatable bonds is 7. The number of aryl methyl sites for hydroxylation is 2. The van der Waals surface area contributed by atoms with E-state index >= 15 is 0 Å². The van der Waals surface area contributed by atoms with Gasteiger partial charge in [0, 0.05) is 45.2 Å². The van der Waals surface area contributed by atoms with E-state index in [0.29, 0.717) is 5.92 Å². The molecule has 3 heteroatoms. The molecule has 1 N–H and O–H groups in total. The van der Waals surface area contributed by atoms with Gasteiger partial charge in [-0.25, -0.2) is 0 Å². The summed E-state index contributed by atoms with van der Waals surface area (Å²) in [4.78, 5) is 0. The van der Waals surface area contributed by atoms with Crippen molar-refractivity contribution in [1.29, 1.82) is 0 Å². The van der Waals surface area contributed by atoms with Crippen molar-refractivity contribution in [3.8, 4) is 0 Å². The van der Waals surface area contributed by atoms with Crippen molar-refractivity contribution < 1.29 is 84.1 Å². The van der Waals surface area contributed by atoms with Crippen LogP contribution in [-0.2, 0) is 39.3 Å². The second-order valence-corrected chi connectivity index (χ2v) is 7.16. The zero-order valence-corrected chi connectivity index (χ0v) is 25.1. The zero-order chi connectivity index (χ0) is 20.4. The van der Waals surface area contributed by atoms with Crippen LogP contribution >= 0.6 is 0 Å². The van der Waals surface area contributed by atoms with Gasteiger partial charge in [-0.3, -0.25) is 0 Å². The summed E-state index contributed by atoms with van der Waals surface area (Å²) < 4.78 is 0. The monoisotopic (exact) mass is 499 g/mol. The average molecular weight is 500 g/mol. The van der Waals surface area contributed by atoms with E-state index in [1.165, 1.54) is 27.8 Å². The Labute approximate surface area is 252 Å². The molecule has 1 unspecified atom stereocenters. The summed E-state index contributed by atoms with van der Waals surface area (Å²) in [6, 6.07) is 26.3. The van der Waals surface area contributed by atoms with Crippen molar-refractivity contribution in [3.63, 3.8) is 0 Å². The second-order valence-electron chi connectivity index (χ2n) is 7.16. The summed E-state index contributed by atoms with van der Waals surface area (Å²) in [5.74, 6) is 0.404. The molecule has 0 saturated heterocycles. The number of benzene rings is 3. The maximum Gasteiger partial charge on any atom is 1.00 e. The standard InChI is InChI=1S/C25H28N.C2H5.K.Y/c1-19-7-11-23(12-8-19)25(24-13-9-20(2)10-14-24)15-16-26-18-22-6-4-5-21(3)17-22;1-2;;/h4-14,17,25-26H,1,15-16,18H2,2-3H3;1H2,2H3;;/q2*-1;+1;. The Hall–Kier alpha value is 0.230. The number of hydrogen-bond donors (Lipinski definition) is 1. The fourth-order valence-corrected chi connectivity index (χ4v) is 3.38. The van der Waals surface area contributed by atoms with Crippen LogP contribution in [0.4, 0.5) is 0 Å². The molecule has 0 aliphatic rings. The van der Waals surface area contributed by atoms with Crippen molar-refractivity contribution in [3.05, 3.63) is 120 Å². The molecule has 0 aliphatic heterocycles. The van der Waals surface area contributed by atoms with Crippen molar-refractivity contribution in [1.82, 2.24) is 5.32 Å². The van der Waals surface area contributed by atoms with E-state index in [1.807, 2.05) is 0 Å². The molecule has 0 saturated carbocycles. The van der Waals surface area contributed by atoms with Crippen LogP contribution in [0.25, 0.3) is 0 Å². The van der Waals surface area contributed by atoms with Gasteiger partial charge in [-0.05, 0) is 37.9 Å². The summed E-state index contributed by atoms with van der Waals surface area (Å²) in [6.45, 7) is 15.2. The predicted molar refractivity (Wildman–Crippen MR) is 122 cm³/mol. The molecule has 30 heavy (non-hydrogen) atoms. The summed E-state index contributed by atoms with van der Waals surface area (Å²) in [6.07, 6.45) is 1.07. The van der Waals surface area contributed by atoms with Gasteiger partial charge in [0.2, 0.25) is 0 Å². The molecular weight excluding hydrogens is 466 g/mol. The smallest absolute Gasteiger partial charge is 0.346 e. The molecule has 0 amide bonds. The largest absolute Gasteiger partial charge is 1.00 e. The van der Waals surface area contributed by atoms with E-state index in [9.17, 15) is 0 Å². The third-order valence-electron chi connectivity index (χ3n) is 4.88. The third-order valence-corrected chi connectivity index (χ3v) is 4.88. The molecule has 3 aromatic carbocycles. The first-order chi connectivity index (χ1) is 13.6. The Morgan fingerprint density at radius 1 is 0.800 bits per heavy atom. The molecule has 0 spiro atoms. The third kappa shape index (κ3) is 10.2. The first-order valence-electron chi connectivity index (χ1n) is 10.1. The fraction of sp³-hybridized carbons (Fsp3) is 0.259. The van der Waals surface area contributed by atoms with Gasteiger partial charge in [0.05, 0.1) is 0 Å². The molecular formula is C27H33KNY-. The fourth-order valence-electron chi connectivity index (χ4n) is 3.38. The van der Waals surface area contributed by atoms with Gasteiger partial charge in [0.1, 0.15) is 0 Å². The van der Waals surface area contributed by atoms with Crippen molar-refractivity contribution >= 4 is 0 Å². The summed E-state index contributed by atoms with van der Waals surface area (Å²) in [5, 5.41) is 3.61. The Morgan fingerprint density at radius 2 is 1.37 bits per heavy atom. The zero-order valence-electron chi connectivity index (χ0n) is 19.1. The van der Waals surface area contributed by atoms with E-state index in [2.05, 4.69) is 106 Å². The van der Waals surface area contributed by atoms with Gasteiger partial charge >= 0.3 is 51.4 Å². The molecule has 1 radical (unpaired) electrons. The van der Waals surface area contributed by atoms with Crippen LogP contribution in [0.1, 0.15) is 52.6 Å². The van der Waals surface area contributed by atoms with Crippen LogP contribution in [0.15, 0.2) is 72.8 Å². The molecule has 0 fully saturated rings. The maximum absolute atomic E-state index is 4.01. The van der Waals surface area contributed by atoms with E-state index < -0.39 is 0 Å². The molecule has 0 aromatic heterocycles. The van der Waals surface area contributed by atoms with Crippen molar-refractivity contribution in [2.75, 3.05) is 6.54 Å².